The van der Waals surface area contributed by atoms with Crippen molar-refractivity contribution in [1.82, 2.24) is 0 Å². The molecule has 108 valence electrons. The quantitative estimate of drug-likeness (QED) is 0.636. The molecule has 21 heavy (non-hydrogen) atoms. The van der Waals surface area contributed by atoms with Crippen molar-refractivity contribution < 1.29 is 9.72 Å². The maximum atomic E-state index is 12.2. The molecule has 0 heterocycles. The van der Waals surface area contributed by atoms with Crippen molar-refractivity contribution in [3.05, 3.63) is 67.1 Å². The fraction of sp³-hybridized carbons (Fsp3) is 0.0714. The van der Waals surface area contributed by atoms with E-state index >= 15 is 0 Å². The van der Waals surface area contributed by atoms with E-state index in [1.807, 2.05) is 0 Å². The lowest BCUT2D eigenvalue weighted by Crippen LogP contribution is -2.13. The number of hydrogen-bond donors (Lipinski definition) is 1. The van der Waals surface area contributed by atoms with Crippen molar-refractivity contribution in [3.8, 4) is 0 Å². The molecule has 1 N–H and O–H groups in total. The van der Waals surface area contributed by atoms with Crippen LogP contribution in [0.5, 0.6) is 0 Å². The number of nitro benzene ring substituents is 1. The van der Waals surface area contributed by atoms with E-state index < -0.39 is 4.92 Å². The summed E-state index contributed by atoms with van der Waals surface area (Å²) in [5.74, 6) is -0.373. The minimum atomic E-state index is -0.483. The first-order chi connectivity index (χ1) is 9.90. The lowest BCUT2D eigenvalue weighted by Gasteiger charge is -2.09. The molecule has 0 aliphatic carbocycles. The minimum absolute atomic E-state index is 0.0389. The summed E-state index contributed by atoms with van der Waals surface area (Å²) in [5, 5.41) is 14.1. The third kappa shape index (κ3) is 3.40. The molecule has 0 unspecified atom stereocenters. The first-order valence-electron chi connectivity index (χ1n) is 5.90. The second kappa shape index (κ2) is 6.24. The predicted molar refractivity (Wildman–Crippen MR) is 84.9 cm³/mol. The van der Waals surface area contributed by atoms with E-state index in [1.54, 1.807) is 31.2 Å². The Kier molecular flexibility index (Phi) is 4.59. The summed E-state index contributed by atoms with van der Waals surface area (Å²) < 4.78 is 0.551. The zero-order valence-corrected chi connectivity index (χ0v) is 13.2. The number of rotatable bonds is 3. The van der Waals surface area contributed by atoms with Crippen molar-refractivity contribution in [1.29, 1.82) is 0 Å². The lowest BCUT2D eigenvalue weighted by molar-refractivity contribution is -0.385. The Hall–Kier alpha value is -1.92. The van der Waals surface area contributed by atoms with Gasteiger partial charge in [-0.25, -0.2) is 0 Å². The van der Waals surface area contributed by atoms with Crippen LogP contribution in [0, 0.1) is 17.0 Å². The van der Waals surface area contributed by atoms with Crippen molar-refractivity contribution >= 4 is 44.8 Å². The highest BCUT2D eigenvalue weighted by molar-refractivity contribution is 9.10. The highest BCUT2D eigenvalue weighted by Gasteiger charge is 2.16. The molecule has 0 saturated heterocycles. The number of nitrogens with zero attached hydrogens (tertiary/aromatic N) is 1. The molecule has 2 aromatic carbocycles. The van der Waals surface area contributed by atoms with Gasteiger partial charge in [0.2, 0.25) is 0 Å². The standard InChI is InChI=1S/C14H10BrClN2O3/c1-8-12(3-2-4-13(8)18(20)21)17-14(19)10-6-5-9(16)7-11(10)15/h2-7H,1H3,(H,17,19). The van der Waals surface area contributed by atoms with Gasteiger partial charge in [0, 0.05) is 15.6 Å². The van der Waals surface area contributed by atoms with Gasteiger partial charge in [-0.1, -0.05) is 17.7 Å². The van der Waals surface area contributed by atoms with Gasteiger partial charge in [-0.05, 0) is 47.1 Å². The van der Waals surface area contributed by atoms with Gasteiger partial charge in [-0.15, -0.1) is 0 Å². The number of carbonyl (C=O) groups is 1. The molecule has 7 heteroatoms. The number of anilines is 1. The van der Waals surface area contributed by atoms with Crippen LogP contribution in [0.2, 0.25) is 5.02 Å². The second-order valence-electron chi connectivity index (χ2n) is 4.29. The highest BCUT2D eigenvalue weighted by Crippen LogP contribution is 2.27. The first-order valence-corrected chi connectivity index (χ1v) is 7.07. The second-order valence-corrected chi connectivity index (χ2v) is 5.58. The smallest absolute Gasteiger partial charge is 0.274 e. The predicted octanol–water partition coefficient (Wildman–Crippen LogP) is 4.57. The molecule has 2 rings (SSSR count). The summed E-state index contributed by atoms with van der Waals surface area (Å²) >= 11 is 9.09. The van der Waals surface area contributed by atoms with E-state index in [4.69, 9.17) is 11.6 Å². The van der Waals surface area contributed by atoms with Gasteiger partial charge >= 0.3 is 0 Å². The van der Waals surface area contributed by atoms with Crippen molar-refractivity contribution in [2.75, 3.05) is 5.32 Å². The maximum absolute atomic E-state index is 12.2. The van der Waals surface area contributed by atoms with E-state index in [0.29, 0.717) is 26.3 Å². The van der Waals surface area contributed by atoms with Gasteiger partial charge < -0.3 is 5.32 Å². The highest BCUT2D eigenvalue weighted by atomic mass is 79.9. The van der Waals surface area contributed by atoms with E-state index in [9.17, 15) is 14.9 Å². The van der Waals surface area contributed by atoms with Gasteiger partial charge in [-0.2, -0.15) is 0 Å². The molecular formula is C14H10BrClN2O3. The fourth-order valence-electron chi connectivity index (χ4n) is 1.82. The maximum Gasteiger partial charge on any atom is 0.274 e. The largest absolute Gasteiger partial charge is 0.321 e. The Balaban J connectivity index is 2.32. The topological polar surface area (TPSA) is 72.2 Å². The monoisotopic (exact) mass is 368 g/mol. The molecule has 0 radical (unpaired) electrons. The summed E-state index contributed by atoms with van der Waals surface area (Å²) in [4.78, 5) is 22.6. The number of benzene rings is 2. The van der Waals surface area contributed by atoms with Crippen LogP contribution in [0.4, 0.5) is 11.4 Å². The van der Waals surface area contributed by atoms with E-state index in [-0.39, 0.29) is 11.6 Å². The zero-order valence-electron chi connectivity index (χ0n) is 10.9. The molecule has 0 aromatic heterocycles. The van der Waals surface area contributed by atoms with Crippen LogP contribution in [0.1, 0.15) is 15.9 Å². The molecule has 0 aliphatic heterocycles. The first kappa shape index (κ1) is 15.5. The molecule has 0 spiro atoms. The number of amides is 1. The van der Waals surface area contributed by atoms with Gasteiger partial charge in [0.15, 0.2) is 0 Å². The number of carbonyl (C=O) groups excluding carboxylic acids is 1. The SMILES string of the molecule is Cc1c(NC(=O)c2ccc(Cl)cc2Br)cccc1[N+](=O)[O-]. The summed E-state index contributed by atoms with van der Waals surface area (Å²) in [5.41, 5.74) is 1.16. The summed E-state index contributed by atoms with van der Waals surface area (Å²) in [6.45, 7) is 1.59. The van der Waals surface area contributed by atoms with Crippen LogP contribution >= 0.6 is 27.5 Å². The van der Waals surface area contributed by atoms with Gasteiger partial charge in [-0.3, -0.25) is 14.9 Å². The molecule has 5 nitrogen and oxygen atoms in total. The number of nitrogens with one attached hydrogen (secondary N) is 1. The van der Waals surface area contributed by atoms with Crippen molar-refractivity contribution in [2.24, 2.45) is 0 Å². The molecule has 0 bridgehead atoms. The minimum Gasteiger partial charge on any atom is -0.321 e. The Morgan fingerprint density at radius 2 is 2.05 bits per heavy atom. The van der Waals surface area contributed by atoms with Crippen LogP contribution in [0.15, 0.2) is 40.9 Å². The lowest BCUT2D eigenvalue weighted by atomic mass is 10.1. The molecule has 0 aliphatic rings. The van der Waals surface area contributed by atoms with E-state index in [0.717, 1.165) is 0 Å². The van der Waals surface area contributed by atoms with Gasteiger partial charge in [0.1, 0.15) is 0 Å². The van der Waals surface area contributed by atoms with E-state index in [1.165, 1.54) is 12.1 Å². The molecule has 0 fully saturated rings. The van der Waals surface area contributed by atoms with Gasteiger partial charge in [0.25, 0.3) is 11.6 Å². The summed E-state index contributed by atoms with van der Waals surface area (Å²) in [6.07, 6.45) is 0. The average molecular weight is 370 g/mol. The molecule has 0 saturated carbocycles. The van der Waals surface area contributed by atoms with Crippen LogP contribution in [0.25, 0.3) is 0 Å². The Bertz CT molecular complexity index is 734. The number of hydrogen-bond acceptors (Lipinski definition) is 3. The Morgan fingerprint density at radius 1 is 1.33 bits per heavy atom. The summed E-state index contributed by atoms with van der Waals surface area (Å²) in [6, 6.07) is 9.32. The number of nitro groups is 1. The number of halogens is 2. The van der Waals surface area contributed by atoms with Crippen LogP contribution in [-0.4, -0.2) is 10.8 Å². The van der Waals surface area contributed by atoms with Gasteiger partial charge in [0.05, 0.1) is 21.7 Å². The average Bonchev–Trinajstić information content (AvgIpc) is 2.40. The Morgan fingerprint density at radius 3 is 2.67 bits per heavy atom. The third-order valence-corrected chi connectivity index (χ3v) is 3.82. The van der Waals surface area contributed by atoms with Crippen molar-refractivity contribution in [3.63, 3.8) is 0 Å². The molecule has 2 aromatic rings. The Labute approximate surface area is 134 Å². The van der Waals surface area contributed by atoms with E-state index in [2.05, 4.69) is 21.2 Å². The molecule has 0 atom stereocenters. The zero-order chi connectivity index (χ0) is 15.6. The fourth-order valence-corrected chi connectivity index (χ4v) is 2.68. The van der Waals surface area contributed by atoms with Crippen LogP contribution < -0.4 is 5.32 Å². The normalized spacial score (nSPS) is 10.2. The third-order valence-electron chi connectivity index (χ3n) is 2.93. The van der Waals surface area contributed by atoms with Crippen LogP contribution in [-0.2, 0) is 0 Å². The molecular weight excluding hydrogens is 360 g/mol. The van der Waals surface area contributed by atoms with Crippen LogP contribution in [0.3, 0.4) is 0 Å². The summed E-state index contributed by atoms with van der Waals surface area (Å²) in [7, 11) is 0. The van der Waals surface area contributed by atoms with Crippen molar-refractivity contribution in [2.45, 2.75) is 6.92 Å². The molecule has 1 amide bonds.